The molecule has 3 aromatic rings. The number of aryl methyl sites for hydroxylation is 1. The number of hydrogen-bond donors (Lipinski definition) is 1. The van der Waals surface area contributed by atoms with Crippen LogP contribution in [-0.4, -0.2) is 20.2 Å². The fourth-order valence-corrected chi connectivity index (χ4v) is 4.98. The maximum Gasteiger partial charge on any atom is 0.266 e. The summed E-state index contributed by atoms with van der Waals surface area (Å²) in [6.07, 6.45) is 0.925. The minimum Gasteiger partial charge on any atom is -0.363 e. The molecule has 0 radical (unpaired) electrons. The van der Waals surface area contributed by atoms with Crippen molar-refractivity contribution in [3.63, 3.8) is 0 Å². The van der Waals surface area contributed by atoms with Gasteiger partial charge in [0.05, 0.1) is 28.0 Å². The van der Waals surface area contributed by atoms with Gasteiger partial charge in [0, 0.05) is 36.6 Å². The van der Waals surface area contributed by atoms with Crippen molar-refractivity contribution < 1.29 is 17.6 Å². The van der Waals surface area contributed by atoms with Gasteiger partial charge in [-0.05, 0) is 13.8 Å². The van der Waals surface area contributed by atoms with Crippen LogP contribution in [0.2, 0.25) is 0 Å². The van der Waals surface area contributed by atoms with Crippen molar-refractivity contribution in [2.75, 3.05) is 5.32 Å². The van der Waals surface area contributed by atoms with Gasteiger partial charge in [0.15, 0.2) is 0 Å². The van der Waals surface area contributed by atoms with Crippen LogP contribution in [-0.2, 0) is 5.54 Å². The summed E-state index contributed by atoms with van der Waals surface area (Å²) in [5.74, 6) is -0.621. The van der Waals surface area contributed by atoms with Crippen LogP contribution >= 0.6 is 0 Å². The van der Waals surface area contributed by atoms with Crippen LogP contribution in [0.4, 0.5) is 23.4 Å². The zero-order valence-electron chi connectivity index (χ0n) is 16.9. The number of nitrogens with zero attached hydrogens (tertiary/aromatic N) is 3. The molecule has 0 aliphatic heterocycles. The average molecular weight is 432 g/mol. The molecule has 1 aromatic carbocycles. The van der Waals surface area contributed by atoms with Crippen molar-refractivity contribution in [3.05, 3.63) is 63.6 Å². The van der Waals surface area contributed by atoms with Gasteiger partial charge in [-0.25, -0.2) is 27.5 Å². The van der Waals surface area contributed by atoms with Gasteiger partial charge in [-0.2, -0.15) is 0 Å². The van der Waals surface area contributed by atoms with Gasteiger partial charge < -0.3 is 9.88 Å². The molecule has 3 saturated carbocycles. The lowest BCUT2D eigenvalue weighted by Gasteiger charge is -2.66. The van der Waals surface area contributed by atoms with Gasteiger partial charge in [0.25, 0.3) is 12.0 Å². The third-order valence-corrected chi connectivity index (χ3v) is 6.60. The van der Waals surface area contributed by atoms with E-state index in [1.807, 2.05) is 0 Å². The molecule has 3 aliphatic carbocycles. The van der Waals surface area contributed by atoms with Gasteiger partial charge in [-0.1, -0.05) is 18.2 Å². The number of rotatable bonds is 5. The first kappa shape index (κ1) is 20.0. The summed E-state index contributed by atoms with van der Waals surface area (Å²) >= 11 is 0. The highest BCUT2D eigenvalue weighted by Gasteiger charge is 2.70. The first-order valence-electron chi connectivity index (χ1n) is 10.0. The highest BCUT2D eigenvalue weighted by Crippen LogP contribution is 2.67. The van der Waals surface area contributed by atoms with E-state index in [9.17, 15) is 22.4 Å². The van der Waals surface area contributed by atoms with Gasteiger partial charge in [-0.15, -0.1) is 0 Å². The number of pyridine rings is 1. The molecule has 6 rings (SSSR count). The highest BCUT2D eigenvalue weighted by atomic mass is 19.3. The summed E-state index contributed by atoms with van der Waals surface area (Å²) < 4.78 is 56.4. The van der Waals surface area contributed by atoms with E-state index in [0.717, 1.165) is 6.07 Å². The molecule has 162 valence electrons. The second kappa shape index (κ2) is 6.51. The quantitative estimate of drug-likeness (QED) is 0.580. The highest BCUT2D eigenvalue weighted by molar-refractivity contribution is 5.90. The Hall–Kier alpha value is -2.97. The van der Waals surface area contributed by atoms with E-state index < -0.39 is 35.1 Å². The normalized spacial score (nSPS) is 25.3. The number of nitrogens with one attached hydrogen (secondary N) is 1. The predicted octanol–water partition coefficient (Wildman–Crippen LogP) is 4.95. The first-order chi connectivity index (χ1) is 14.6. The van der Waals surface area contributed by atoms with E-state index in [1.165, 1.54) is 18.5 Å². The molecule has 31 heavy (non-hydrogen) atoms. The van der Waals surface area contributed by atoms with Crippen molar-refractivity contribution >= 4 is 16.7 Å². The zero-order chi connectivity index (χ0) is 22.1. The molecule has 3 fully saturated rings. The Morgan fingerprint density at radius 1 is 1.16 bits per heavy atom. The summed E-state index contributed by atoms with van der Waals surface area (Å²) in [6.45, 7) is 3.29. The average Bonchev–Trinajstić information content (AvgIpc) is 2.68. The minimum absolute atomic E-state index is 0.0772. The van der Waals surface area contributed by atoms with Crippen LogP contribution in [0.5, 0.6) is 0 Å². The maximum absolute atomic E-state index is 14.6. The Balaban J connectivity index is 1.56. The second-order valence-corrected chi connectivity index (χ2v) is 8.74. The number of halogens is 4. The molecule has 9 heteroatoms. The Labute approximate surface area is 175 Å². The lowest BCUT2D eigenvalue weighted by atomic mass is 9.47. The summed E-state index contributed by atoms with van der Waals surface area (Å²) in [5, 5.41) is 3.60. The molecule has 0 saturated heterocycles. The lowest BCUT2D eigenvalue weighted by molar-refractivity contribution is -0.199. The van der Waals surface area contributed by atoms with Gasteiger partial charge in [-0.3, -0.25) is 4.79 Å². The Kier molecular flexibility index (Phi) is 4.19. The summed E-state index contributed by atoms with van der Waals surface area (Å²) in [6, 6.07) is 3.20. The third-order valence-electron chi connectivity index (χ3n) is 6.60. The van der Waals surface area contributed by atoms with Gasteiger partial charge >= 0.3 is 0 Å². The number of hydrogen-bond acceptors (Lipinski definition) is 4. The second-order valence-electron chi connectivity index (χ2n) is 8.74. The van der Waals surface area contributed by atoms with Crippen molar-refractivity contribution in [2.24, 2.45) is 0 Å². The van der Waals surface area contributed by atoms with Crippen LogP contribution in [0.3, 0.4) is 0 Å². The molecule has 2 heterocycles. The van der Waals surface area contributed by atoms with E-state index in [0.29, 0.717) is 41.5 Å². The Morgan fingerprint density at radius 3 is 2.48 bits per heavy atom. The van der Waals surface area contributed by atoms with E-state index in [-0.39, 0.29) is 11.1 Å². The van der Waals surface area contributed by atoms with Crippen LogP contribution in [0.1, 0.15) is 55.3 Å². The molecular formula is C22H20F4N4O. The summed E-state index contributed by atoms with van der Waals surface area (Å²) in [5.41, 5.74) is -1.63. The van der Waals surface area contributed by atoms with Crippen molar-refractivity contribution in [1.82, 2.24) is 14.5 Å². The number of aromatic nitrogens is 3. The standard InChI is InChI=1S/C22H20F4N4O/c1-11-17-15(6-30(20(11)31)22-7-21(26,8-22)9-22)19(28-10-27-17)29-12(2)13-4-3-5-14(16(13)23)18(24)25/h3-6,10,12,18H,7-9H2,1-2H3,(H,27,28,29)/t12-,21?,22?/m1/s1. The number of fused-ring (bicyclic) bond motifs is 1. The molecular weight excluding hydrogens is 412 g/mol. The number of anilines is 1. The van der Waals surface area contributed by atoms with Gasteiger partial charge in [0.1, 0.15) is 23.6 Å². The molecule has 1 N–H and O–H groups in total. The molecule has 0 spiro atoms. The van der Waals surface area contributed by atoms with Crippen LogP contribution in [0, 0.1) is 12.7 Å². The summed E-state index contributed by atoms with van der Waals surface area (Å²) in [4.78, 5) is 21.4. The van der Waals surface area contributed by atoms with E-state index in [4.69, 9.17) is 0 Å². The maximum atomic E-state index is 14.6. The smallest absolute Gasteiger partial charge is 0.266 e. The van der Waals surface area contributed by atoms with E-state index in [2.05, 4.69) is 15.3 Å². The van der Waals surface area contributed by atoms with Crippen molar-refractivity contribution in [2.45, 2.75) is 56.8 Å². The topological polar surface area (TPSA) is 59.8 Å². The van der Waals surface area contributed by atoms with E-state index >= 15 is 0 Å². The zero-order valence-corrected chi connectivity index (χ0v) is 16.9. The van der Waals surface area contributed by atoms with Crippen molar-refractivity contribution in [3.8, 4) is 0 Å². The number of alkyl halides is 3. The molecule has 1 atom stereocenters. The fourth-order valence-electron chi connectivity index (χ4n) is 4.98. The lowest BCUT2D eigenvalue weighted by Crippen LogP contribution is -2.71. The van der Waals surface area contributed by atoms with Gasteiger partial charge in [0.2, 0.25) is 0 Å². The fraction of sp³-hybridized carbons (Fsp3) is 0.409. The first-order valence-corrected chi connectivity index (χ1v) is 10.0. The molecule has 2 aromatic heterocycles. The molecule has 0 amide bonds. The van der Waals surface area contributed by atoms with Crippen LogP contribution in [0.15, 0.2) is 35.5 Å². The molecule has 5 nitrogen and oxygen atoms in total. The minimum atomic E-state index is -2.92. The Morgan fingerprint density at radius 2 is 1.84 bits per heavy atom. The molecule has 3 aliphatic rings. The number of benzene rings is 1. The molecule has 0 unspecified atom stereocenters. The van der Waals surface area contributed by atoms with Crippen molar-refractivity contribution in [1.29, 1.82) is 0 Å². The van der Waals surface area contributed by atoms with Crippen LogP contribution < -0.4 is 10.9 Å². The van der Waals surface area contributed by atoms with Crippen LogP contribution in [0.25, 0.3) is 10.9 Å². The molecule has 2 bridgehead atoms. The SMILES string of the molecule is Cc1c(=O)n(C23CC(F)(C2)C3)cc2c(N[C@H](C)c3cccc(C(F)F)c3F)ncnc12. The summed E-state index contributed by atoms with van der Waals surface area (Å²) in [7, 11) is 0. The van der Waals surface area contributed by atoms with E-state index in [1.54, 1.807) is 24.6 Å². The third kappa shape index (κ3) is 2.85. The monoisotopic (exact) mass is 432 g/mol. The largest absolute Gasteiger partial charge is 0.363 e. The predicted molar refractivity (Wildman–Crippen MR) is 108 cm³/mol. The Bertz CT molecular complexity index is 1250.